The number of benzene rings is 2. The quantitative estimate of drug-likeness (QED) is 0.119. The van der Waals surface area contributed by atoms with E-state index in [-0.39, 0.29) is 32.8 Å². The van der Waals surface area contributed by atoms with Crippen LogP contribution in [0.1, 0.15) is 24.5 Å². The van der Waals surface area contributed by atoms with Crippen molar-refractivity contribution in [1.82, 2.24) is 5.32 Å². The number of aryl methyl sites for hydroxylation is 1. The highest BCUT2D eigenvalue weighted by Gasteiger charge is 2.41. The zero-order valence-electron chi connectivity index (χ0n) is 23.6. The van der Waals surface area contributed by atoms with Gasteiger partial charge in [-0.05, 0) is 37.0 Å². The summed E-state index contributed by atoms with van der Waals surface area (Å²) < 4.78 is 21.2. The second-order valence-electron chi connectivity index (χ2n) is 9.40. The van der Waals surface area contributed by atoms with E-state index in [1.54, 1.807) is 19.1 Å². The molecule has 1 amide bonds. The van der Waals surface area contributed by atoms with Gasteiger partial charge >= 0.3 is 11.9 Å². The number of rotatable bonds is 17. The predicted molar refractivity (Wildman–Crippen MR) is 148 cm³/mol. The zero-order valence-corrected chi connectivity index (χ0v) is 23.6. The van der Waals surface area contributed by atoms with Gasteiger partial charge in [0.2, 0.25) is 5.91 Å². The number of carboxylic acid groups (broad SMARTS) is 1. The Morgan fingerprint density at radius 3 is 2.38 bits per heavy atom. The number of carboxylic acids is 1. The van der Waals surface area contributed by atoms with Gasteiger partial charge in [0.05, 0.1) is 39.2 Å². The van der Waals surface area contributed by atoms with Crippen molar-refractivity contribution < 1.29 is 48.4 Å². The van der Waals surface area contributed by atoms with Crippen LogP contribution < -0.4 is 19.7 Å². The van der Waals surface area contributed by atoms with Gasteiger partial charge in [-0.3, -0.25) is 19.8 Å². The number of amides is 1. The van der Waals surface area contributed by atoms with E-state index in [0.717, 1.165) is 5.56 Å². The van der Waals surface area contributed by atoms with E-state index < -0.39 is 41.1 Å². The van der Waals surface area contributed by atoms with Crippen molar-refractivity contribution in [1.29, 1.82) is 0 Å². The van der Waals surface area contributed by atoms with Crippen molar-refractivity contribution in [3.05, 3.63) is 63.7 Å². The molecule has 3 unspecified atom stereocenters. The number of hydrogen-bond donors (Lipinski definition) is 2. The topological polar surface area (TPSA) is 176 Å². The Balaban J connectivity index is 1.72. The molecule has 0 spiro atoms. The lowest BCUT2D eigenvalue weighted by Crippen LogP contribution is -2.54. The van der Waals surface area contributed by atoms with Gasteiger partial charge in [0.1, 0.15) is 25.3 Å². The monoisotopic (exact) mass is 589 g/mol. The van der Waals surface area contributed by atoms with Gasteiger partial charge in [-0.1, -0.05) is 30.3 Å². The van der Waals surface area contributed by atoms with Crippen LogP contribution in [0.25, 0.3) is 0 Å². The molecule has 0 radical (unpaired) electrons. The molecule has 42 heavy (non-hydrogen) atoms. The molecule has 0 aliphatic carbocycles. The number of carbonyl (C=O) groups is 3. The molecule has 1 aliphatic heterocycles. The van der Waals surface area contributed by atoms with Gasteiger partial charge in [-0.15, -0.1) is 10.1 Å². The molecular weight excluding hydrogens is 554 g/mol. The highest BCUT2D eigenvalue weighted by Crippen LogP contribution is 2.41. The molecule has 3 atom stereocenters. The van der Waals surface area contributed by atoms with Gasteiger partial charge in [-0.2, -0.15) is 0 Å². The number of nitrogens with zero attached hydrogens (tertiary/aromatic N) is 2. The summed E-state index contributed by atoms with van der Waals surface area (Å²) in [5, 5.41) is 22.2. The van der Waals surface area contributed by atoms with Gasteiger partial charge in [0.15, 0.2) is 11.5 Å². The number of aliphatic carboxylic acids is 1. The number of methoxy groups -OCH3 is 2. The molecule has 0 aromatic heterocycles. The van der Waals surface area contributed by atoms with E-state index in [0.29, 0.717) is 35.6 Å². The van der Waals surface area contributed by atoms with Gasteiger partial charge in [0.25, 0.3) is 5.09 Å². The van der Waals surface area contributed by atoms with Crippen LogP contribution in [-0.2, 0) is 41.5 Å². The van der Waals surface area contributed by atoms with Crippen molar-refractivity contribution in [2.24, 2.45) is 0 Å². The minimum atomic E-state index is -1.17. The van der Waals surface area contributed by atoms with Crippen LogP contribution in [-0.4, -0.2) is 86.8 Å². The van der Waals surface area contributed by atoms with Crippen LogP contribution in [0.3, 0.4) is 0 Å². The molecule has 0 saturated carbocycles. The first-order valence-corrected chi connectivity index (χ1v) is 13.3. The number of carbonyl (C=O) groups excluding carboxylic acids is 2. The van der Waals surface area contributed by atoms with E-state index in [4.69, 9.17) is 18.9 Å². The Labute approximate surface area is 242 Å². The molecule has 2 aromatic rings. The lowest BCUT2D eigenvalue weighted by atomic mass is 10.0. The summed E-state index contributed by atoms with van der Waals surface area (Å²) >= 11 is 0. The zero-order chi connectivity index (χ0) is 30.6. The minimum absolute atomic E-state index is 0.0111. The standard InChI is InChI=1S/C28H35N3O11/c1-18(26(32)30-22-17-25(39-3)24(38-2)16-20(22)15-23(30)27(33)34)29-21(10-9-19-7-5-4-6-8-19)28(35)41-13-11-40-12-14-42-31(36)37/h4-8,16-18,21,23,29H,9-15H2,1-3H3,(H,33,34). The highest BCUT2D eigenvalue weighted by molar-refractivity contribution is 6.04. The second-order valence-corrected chi connectivity index (χ2v) is 9.40. The van der Waals surface area contributed by atoms with E-state index in [1.165, 1.54) is 19.1 Å². The maximum atomic E-state index is 13.7. The summed E-state index contributed by atoms with van der Waals surface area (Å²) in [6.07, 6.45) is 0.877. The summed E-state index contributed by atoms with van der Waals surface area (Å²) in [5.74, 6) is -1.58. The van der Waals surface area contributed by atoms with Crippen LogP contribution in [0.2, 0.25) is 0 Å². The Morgan fingerprint density at radius 1 is 1.07 bits per heavy atom. The van der Waals surface area contributed by atoms with Crippen LogP contribution in [0.4, 0.5) is 5.69 Å². The van der Waals surface area contributed by atoms with Gasteiger partial charge in [-0.25, -0.2) is 4.79 Å². The molecule has 14 heteroatoms. The Morgan fingerprint density at radius 2 is 1.74 bits per heavy atom. The van der Waals surface area contributed by atoms with Crippen LogP contribution in [0.15, 0.2) is 42.5 Å². The van der Waals surface area contributed by atoms with E-state index in [9.17, 15) is 29.6 Å². The van der Waals surface area contributed by atoms with E-state index in [2.05, 4.69) is 10.2 Å². The molecule has 0 fully saturated rings. The van der Waals surface area contributed by atoms with Gasteiger partial charge < -0.3 is 28.9 Å². The van der Waals surface area contributed by atoms with Crippen molar-refractivity contribution in [3.8, 4) is 11.5 Å². The van der Waals surface area contributed by atoms with Gasteiger partial charge in [0, 0.05) is 12.5 Å². The van der Waals surface area contributed by atoms with Crippen LogP contribution in [0.5, 0.6) is 11.5 Å². The molecule has 0 bridgehead atoms. The first-order chi connectivity index (χ1) is 20.2. The fourth-order valence-electron chi connectivity index (χ4n) is 4.62. The van der Waals surface area contributed by atoms with E-state index >= 15 is 0 Å². The number of fused-ring (bicyclic) bond motifs is 1. The molecule has 1 heterocycles. The number of anilines is 1. The Kier molecular flexibility index (Phi) is 11.9. The largest absolute Gasteiger partial charge is 0.493 e. The second kappa shape index (κ2) is 15.5. The molecule has 1 aliphatic rings. The Bertz CT molecular complexity index is 1240. The third-order valence-electron chi connectivity index (χ3n) is 6.66. The van der Waals surface area contributed by atoms with Crippen molar-refractivity contribution in [3.63, 3.8) is 0 Å². The van der Waals surface area contributed by atoms with Crippen LogP contribution in [0, 0.1) is 10.1 Å². The molecule has 14 nitrogen and oxygen atoms in total. The summed E-state index contributed by atoms with van der Waals surface area (Å²) in [6, 6.07) is 9.66. The average Bonchev–Trinajstić information content (AvgIpc) is 3.36. The number of ether oxygens (including phenoxy) is 4. The van der Waals surface area contributed by atoms with E-state index in [1.807, 2.05) is 30.3 Å². The maximum Gasteiger partial charge on any atom is 0.327 e. The van der Waals surface area contributed by atoms with Crippen molar-refractivity contribution in [2.75, 3.05) is 45.5 Å². The maximum absolute atomic E-state index is 13.7. The van der Waals surface area contributed by atoms with Crippen molar-refractivity contribution in [2.45, 2.75) is 44.3 Å². The molecule has 0 saturated heterocycles. The fraction of sp³-hybridized carbons (Fsp3) is 0.464. The summed E-state index contributed by atoms with van der Waals surface area (Å²) in [5.41, 5.74) is 1.98. The molecule has 228 valence electrons. The summed E-state index contributed by atoms with van der Waals surface area (Å²) in [4.78, 5) is 54.5. The third kappa shape index (κ3) is 8.54. The summed E-state index contributed by atoms with van der Waals surface area (Å²) in [6.45, 7) is 1.12. The lowest BCUT2D eigenvalue weighted by Gasteiger charge is -2.28. The summed E-state index contributed by atoms with van der Waals surface area (Å²) in [7, 11) is 2.91. The normalized spacial score (nSPS) is 15.3. The first-order valence-electron chi connectivity index (χ1n) is 13.3. The first kappa shape index (κ1) is 32.1. The number of nitrogens with one attached hydrogen (secondary N) is 1. The average molecular weight is 590 g/mol. The molecule has 3 rings (SSSR count). The Hall–Kier alpha value is -4.43. The minimum Gasteiger partial charge on any atom is -0.493 e. The molecule has 2 N–H and O–H groups in total. The SMILES string of the molecule is COc1cc2c(cc1OC)N(C(=O)C(C)NC(CCc1ccccc1)C(=O)OCCOCCO[N+](=O)[O-])C(C(=O)O)C2. The fourth-order valence-corrected chi connectivity index (χ4v) is 4.62. The number of esters is 1. The van der Waals surface area contributed by atoms with Crippen molar-refractivity contribution >= 4 is 23.5 Å². The molecular formula is C28H35N3O11. The number of hydrogen-bond acceptors (Lipinski definition) is 11. The smallest absolute Gasteiger partial charge is 0.327 e. The molecule has 2 aromatic carbocycles. The lowest BCUT2D eigenvalue weighted by molar-refractivity contribution is -0.758. The van der Waals surface area contributed by atoms with Crippen LogP contribution >= 0.6 is 0 Å². The third-order valence-corrected chi connectivity index (χ3v) is 6.66. The predicted octanol–water partition coefficient (Wildman–Crippen LogP) is 1.79. The highest BCUT2D eigenvalue weighted by atomic mass is 17.0.